The van der Waals surface area contributed by atoms with Crippen LogP contribution < -0.4 is 9.64 Å². The largest absolute Gasteiger partial charge is 0.507 e. The van der Waals surface area contributed by atoms with Gasteiger partial charge in [0.05, 0.1) is 11.6 Å². The van der Waals surface area contributed by atoms with Crippen molar-refractivity contribution in [2.45, 2.75) is 29.7 Å². The van der Waals surface area contributed by atoms with Crippen LogP contribution in [0.3, 0.4) is 0 Å². The fourth-order valence-corrected chi connectivity index (χ4v) is 7.51. The van der Waals surface area contributed by atoms with Crippen molar-refractivity contribution in [2.24, 2.45) is 0 Å². The van der Waals surface area contributed by atoms with E-state index >= 15 is 0 Å². The van der Waals surface area contributed by atoms with E-state index in [0.29, 0.717) is 48.6 Å². The van der Waals surface area contributed by atoms with Gasteiger partial charge >= 0.3 is 5.91 Å². The van der Waals surface area contributed by atoms with Crippen LogP contribution in [-0.4, -0.2) is 27.0 Å². The van der Waals surface area contributed by atoms with Gasteiger partial charge in [0, 0.05) is 26.4 Å². The molecular weight excluding hydrogens is 685 g/mol. The number of hydrogen-bond donors (Lipinski definition) is 1. The van der Waals surface area contributed by atoms with Gasteiger partial charge in [-0.2, -0.15) is 0 Å². The normalized spacial score (nSPS) is 15.8. The van der Waals surface area contributed by atoms with Crippen molar-refractivity contribution >= 4 is 80.5 Å². The maximum atomic E-state index is 13.6. The number of anilines is 1. The number of carbonyl (C=O) groups excluding carboxylic acids is 2. The first-order chi connectivity index (χ1) is 22.2. The van der Waals surface area contributed by atoms with Crippen LogP contribution in [0.5, 0.6) is 5.75 Å². The number of benzene rings is 4. The van der Waals surface area contributed by atoms with E-state index in [1.807, 2.05) is 37.3 Å². The van der Waals surface area contributed by atoms with Gasteiger partial charge in [0.15, 0.2) is 4.34 Å². The third-order valence-electron chi connectivity index (χ3n) is 7.21. The summed E-state index contributed by atoms with van der Waals surface area (Å²) in [5, 5.41) is 21.8. The molecule has 7 nitrogen and oxygen atoms in total. The number of Topliss-reactive ketones (excluding diaryl/α,β-unsaturated/α-hetero) is 1. The van der Waals surface area contributed by atoms with E-state index in [1.54, 1.807) is 60.7 Å². The lowest BCUT2D eigenvalue weighted by Crippen LogP contribution is -2.29. The number of amides is 1. The molecule has 1 unspecified atom stereocenters. The molecule has 12 heteroatoms. The summed E-state index contributed by atoms with van der Waals surface area (Å²) in [6, 6.07) is 25.8. The van der Waals surface area contributed by atoms with Gasteiger partial charge in [-0.1, -0.05) is 106 Å². The minimum absolute atomic E-state index is 0.0712. The Morgan fingerprint density at radius 3 is 2.39 bits per heavy atom. The first kappa shape index (κ1) is 32.1. The lowest BCUT2D eigenvalue weighted by atomic mass is 9.95. The van der Waals surface area contributed by atoms with Crippen LogP contribution in [0, 0.1) is 6.92 Å². The zero-order chi connectivity index (χ0) is 32.4. The second-order valence-corrected chi connectivity index (χ2v) is 13.9. The molecule has 0 saturated carbocycles. The molecule has 0 spiro atoms. The molecule has 46 heavy (non-hydrogen) atoms. The number of carbonyl (C=O) groups is 2. The number of aryl methyl sites for hydroxylation is 1. The van der Waals surface area contributed by atoms with Crippen LogP contribution in [0.15, 0.2) is 101 Å². The number of nitrogens with zero attached hydrogens (tertiary/aromatic N) is 3. The predicted octanol–water partition coefficient (Wildman–Crippen LogP) is 9.30. The van der Waals surface area contributed by atoms with E-state index in [2.05, 4.69) is 10.2 Å². The maximum absolute atomic E-state index is 13.6. The van der Waals surface area contributed by atoms with Crippen LogP contribution in [0.4, 0.5) is 5.13 Å². The SMILES string of the molecule is Cc1cccc(COc2ccc(/C(O)=C3\C(=O)C(=O)N(c4nnc(SCc5ccc(Cl)cc5Cl)s4)C3c3ccc(Cl)cc3)cc2)c1. The fraction of sp³-hybridized carbons (Fsp3) is 0.118. The van der Waals surface area contributed by atoms with Gasteiger partial charge in [-0.25, -0.2) is 0 Å². The smallest absolute Gasteiger partial charge is 0.301 e. The van der Waals surface area contributed by atoms with E-state index in [0.717, 1.165) is 28.0 Å². The standard InChI is InChI=1S/C34H24Cl3N3O4S2/c1-19-3-2-4-20(15-19)17-44-26-13-8-22(9-14-26)30(41)28-29(21-5-10-24(35)11-6-21)40(32(43)31(28)42)33-38-39-34(46-33)45-18-23-7-12-25(36)16-27(23)37/h2-16,29,41H,17-18H2,1H3/b30-28+. The highest BCUT2D eigenvalue weighted by molar-refractivity contribution is 8.00. The Kier molecular flexibility index (Phi) is 9.67. The van der Waals surface area contributed by atoms with Gasteiger partial charge in [0.25, 0.3) is 5.78 Å². The average molecular weight is 709 g/mol. The van der Waals surface area contributed by atoms with Crippen molar-refractivity contribution in [1.82, 2.24) is 10.2 Å². The summed E-state index contributed by atoms with van der Waals surface area (Å²) in [6.07, 6.45) is 0. The number of aromatic nitrogens is 2. The molecule has 1 aliphatic heterocycles. The lowest BCUT2D eigenvalue weighted by molar-refractivity contribution is -0.132. The van der Waals surface area contributed by atoms with Crippen molar-refractivity contribution < 1.29 is 19.4 Å². The molecule has 1 amide bonds. The topological polar surface area (TPSA) is 92.6 Å². The molecule has 4 aromatic carbocycles. The third-order valence-corrected chi connectivity index (χ3v) is 10.2. The fourth-order valence-electron chi connectivity index (χ4n) is 4.96. The number of ether oxygens (including phenoxy) is 1. The molecular formula is C34H24Cl3N3O4S2. The average Bonchev–Trinajstić information content (AvgIpc) is 3.61. The summed E-state index contributed by atoms with van der Waals surface area (Å²) >= 11 is 21.0. The number of ketones is 1. The molecule has 5 aromatic rings. The van der Waals surface area contributed by atoms with E-state index in [4.69, 9.17) is 39.5 Å². The molecule has 1 N–H and O–H groups in total. The van der Waals surface area contributed by atoms with E-state index < -0.39 is 17.7 Å². The molecule has 1 aromatic heterocycles. The summed E-state index contributed by atoms with van der Waals surface area (Å²) in [7, 11) is 0. The van der Waals surface area contributed by atoms with Gasteiger partial charge in [0.2, 0.25) is 5.13 Å². The zero-order valence-corrected chi connectivity index (χ0v) is 28.0. The molecule has 1 aliphatic rings. The first-order valence-corrected chi connectivity index (χ1v) is 16.9. The van der Waals surface area contributed by atoms with Crippen LogP contribution in [0.25, 0.3) is 5.76 Å². The Labute approximate surface area is 288 Å². The van der Waals surface area contributed by atoms with Crippen molar-refractivity contribution in [3.8, 4) is 5.75 Å². The van der Waals surface area contributed by atoms with E-state index in [-0.39, 0.29) is 16.5 Å². The number of thioether (sulfide) groups is 1. The molecule has 1 saturated heterocycles. The van der Waals surface area contributed by atoms with Gasteiger partial charge in [-0.05, 0) is 72.1 Å². The number of halogens is 3. The quantitative estimate of drug-likeness (QED) is 0.0537. The highest BCUT2D eigenvalue weighted by Crippen LogP contribution is 2.44. The van der Waals surface area contributed by atoms with E-state index in [1.165, 1.54) is 16.7 Å². The number of aliphatic hydroxyl groups is 1. The van der Waals surface area contributed by atoms with Crippen molar-refractivity contribution in [3.63, 3.8) is 0 Å². The second-order valence-electron chi connectivity index (χ2n) is 10.4. The minimum Gasteiger partial charge on any atom is -0.507 e. The number of hydrogen-bond acceptors (Lipinski definition) is 8. The second kappa shape index (κ2) is 13.9. The monoisotopic (exact) mass is 707 g/mol. The van der Waals surface area contributed by atoms with Gasteiger partial charge < -0.3 is 9.84 Å². The lowest BCUT2D eigenvalue weighted by Gasteiger charge is -2.22. The van der Waals surface area contributed by atoms with Crippen molar-refractivity contribution in [3.05, 3.63) is 139 Å². The highest BCUT2D eigenvalue weighted by Gasteiger charge is 2.48. The Hall–Kier alpha value is -3.86. The predicted molar refractivity (Wildman–Crippen MR) is 184 cm³/mol. The zero-order valence-electron chi connectivity index (χ0n) is 24.1. The number of rotatable bonds is 9. The molecule has 1 fully saturated rings. The third kappa shape index (κ3) is 6.94. The summed E-state index contributed by atoms with van der Waals surface area (Å²) in [4.78, 5) is 28.4. The summed E-state index contributed by atoms with van der Waals surface area (Å²) < 4.78 is 6.48. The Morgan fingerprint density at radius 1 is 0.935 bits per heavy atom. The summed E-state index contributed by atoms with van der Waals surface area (Å²) in [6.45, 7) is 2.40. The molecule has 0 bridgehead atoms. The first-order valence-electron chi connectivity index (χ1n) is 13.9. The highest BCUT2D eigenvalue weighted by atomic mass is 35.5. The van der Waals surface area contributed by atoms with Crippen LogP contribution >= 0.6 is 57.9 Å². The Morgan fingerprint density at radius 2 is 1.67 bits per heavy atom. The van der Waals surface area contributed by atoms with Gasteiger partial charge in [-0.3, -0.25) is 14.5 Å². The molecule has 0 aliphatic carbocycles. The maximum Gasteiger partial charge on any atom is 0.301 e. The Bertz CT molecular complexity index is 1960. The Balaban J connectivity index is 1.29. The van der Waals surface area contributed by atoms with Gasteiger partial charge in [-0.15, -0.1) is 10.2 Å². The van der Waals surface area contributed by atoms with Crippen LogP contribution in [-0.2, 0) is 21.9 Å². The van der Waals surface area contributed by atoms with Crippen LogP contribution in [0.2, 0.25) is 15.1 Å². The minimum atomic E-state index is -0.967. The summed E-state index contributed by atoms with van der Waals surface area (Å²) in [5.74, 6) is -0.897. The van der Waals surface area contributed by atoms with Gasteiger partial charge in [0.1, 0.15) is 18.1 Å². The van der Waals surface area contributed by atoms with Crippen LogP contribution in [0.1, 0.15) is 33.9 Å². The van der Waals surface area contributed by atoms with Crippen molar-refractivity contribution in [1.29, 1.82) is 0 Å². The molecule has 0 radical (unpaired) electrons. The summed E-state index contributed by atoms with van der Waals surface area (Å²) in [5.41, 5.74) is 3.88. The molecule has 1 atom stereocenters. The molecule has 232 valence electrons. The van der Waals surface area contributed by atoms with Crippen molar-refractivity contribution in [2.75, 3.05) is 4.90 Å². The molecule has 2 heterocycles. The number of aliphatic hydroxyl groups excluding tert-OH is 1. The molecule has 6 rings (SSSR count). The van der Waals surface area contributed by atoms with E-state index in [9.17, 15) is 14.7 Å².